The van der Waals surface area contributed by atoms with Crippen LogP contribution in [0.3, 0.4) is 0 Å². The zero-order valence-electron chi connectivity index (χ0n) is 24.1. The van der Waals surface area contributed by atoms with Crippen LogP contribution in [0.5, 0.6) is 5.75 Å². The number of allylic oxidation sites excluding steroid dienone is 1. The van der Waals surface area contributed by atoms with E-state index in [4.69, 9.17) is 42.8 Å². The lowest BCUT2D eigenvalue weighted by Gasteiger charge is -2.31. The number of fused-ring (bicyclic) bond motifs is 1. The van der Waals surface area contributed by atoms with Crippen molar-refractivity contribution < 1.29 is 14.3 Å². The van der Waals surface area contributed by atoms with Crippen molar-refractivity contribution in [3.63, 3.8) is 0 Å². The minimum Gasteiger partial charge on any atom is -0.488 e. The number of halogens is 3. The van der Waals surface area contributed by atoms with Gasteiger partial charge in [-0.1, -0.05) is 93.7 Å². The maximum absolute atomic E-state index is 14.0. The number of aromatic nitrogens is 3. The lowest BCUT2D eigenvalue weighted by Crippen LogP contribution is -2.32. The summed E-state index contributed by atoms with van der Waals surface area (Å²) in [6.07, 6.45) is 4.93. The van der Waals surface area contributed by atoms with Crippen molar-refractivity contribution in [2.45, 2.75) is 68.7 Å². The fourth-order valence-electron chi connectivity index (χ4n) is 5.52. The molecule has 0 bridgehead atoms. The number of nitrogens with zero attached hydrogens (tertiary/aromatic N) is 3. The SMILES string of the molecule is CC1=C(C(=O)OC2CCCCC2)C(c2cc(Br)ccc2OCc2ccc(Cl)cc2Cl)n2nc(SCc3ccccc3)nc2N1. The molecule has 11 heteroatoms. The van der Waals surface area contributed by atoms with Crippen LogP contribution in [0.1, 0.15) is 61.8 Å². The Morgan fingerprint density at radius 2 is 1.86 bits per heavy atom. The summed E-state index contributed by atoms with van der Waals surface area (Å²) in [5, 5.41) is 9.90. The first-order valence-electron chi connectivity index (χ1n) is 14.5. The van der Waals surface area contributed by atoms with Gasteiger partial charge in [0.25, 0.3) is 0 Å². The zero-order valence-corrected chi connectivity index (χ0v) is 28.0. The van der Waals surface area contributed by atoms with Crippen molar-refractivity contribution in [3.8, 4) is 5.75 Å². The van der Waals surface area contributed by atoms with Crippen LogP contribution in [0.2, 0.25) is 10.0 Å². The van der Waals surface area contributed by atoms with Crippen LogP contribution in [0.4, 0.5) is 5.95 Å². The van der Waals surface area contributed by atoms with E-state index in [1.54, 1.807) is 16.8 Å². The standard InChI is InChI=1S/C33H31BrCl2N4O3S/c1-20-29(31(41)43-25-10-6-3-7-11-25)30(40-32(37-20)38-33(39-40)44-19-21-8-4-2-5-9-21)26-16-23(34)13-15-28(26)42-18-22-12-14-24(35)17-27(22)36/h2,4-5,8-9,12-17,25,30H,3,6-7,10-11,18-19H2,1H3,(H,37,38,39). The fourth-order valence-corrected chi connectivity index (χ4v) is 7.15. The molecule has 1 aliphatic heterocycles. The van der Waals surface area contributed by atoms with Crippen LogP contribution >= 0.6 is 50.9 Å². The van der Waals surface area contributed by atoms with Gasteiger partial charge in [-0.25, -0.2) is 9.48 Å². The molecule has 0 amide bonds. The molecule has 1 N–H and O–H groups in total. The highest BCUT2D eigenvalue weighted by Crippen LogP contribution is 2.42. The van der Waals surface area contributed by atoms with E-state index in [0.29, 0.717) is 43.9 Å². The highest BCUT2D eigenvalue weighted by Gasteiger charge is 2.38. The summed E-state index contributed by atoms with van der Waals surface area (Å²) in [5.74, 6) is 1.48. The van der Waals surface area contributed by atoms with Gasteiger partial charge >= 0.3 is 5.97 Å². The van der Waals surface area contributed by atoms with Gasteiger partial charge in [-0.2, -0.15) is 4.98 Å². The summed E-state index contributed by atoms with van der Waals surface area (Å²) in [4.78, 5) is 18.8. The number of hydrogen-bond donors (Lipinski definition) is 1. The Morgan fingerprint density at radius 1 is 1.07 bits per heavy atom. The van der Waals surface area contributed by atoms with E-state index in [1.165, 1.54) is 23.7 Å². The number of carbonyl (C=O) groups excluding carboxylic acids is 1. The maximum atomic E-state index is 14.0. The molecule has 6 rings (SSSR count). The van der Waals surface area contributed by atoms with Crippen molar-refractivity contribution in [1.29, 1.82) is 0 Å². The average Bonchev–Trinajstić information content (AvgIpc) is 3.43. The number of benzene rings is 3. The summed E-state index contributed by atoms with van der Waals surface area (Å²) in [5.41, 5.74) is 3.85. The van der Waals surface area contributed by atoms with E-state index in [2.05, 4.69) is 33.4 Å². The smallest absolute Gasteiger partial charge is 0.338 e. The molecule has 1 saturated carbocycles. The molecule has 2 aliphatic rings. The van der Waals surface area contributed by atoms with Crippen LogP contribution in [0.15, 0.2) is 87.6 Å². The second kappa shape index (κ2) is 14.0. The molecule has 44 heavy (non-hydrogen) atoms. The topological polar surface area (TPSA) is 78.3 Å². The lowest BCUT2D eigenvalue weighted by molar-refractivity contribution is -0.146. The minimum atomic E-state index is -0.644. The normalized spacial score (nSPS) is 16.8. The summed E-state index contributed by atoms with van der Waals surface area (Å²) in [6, 6.07) is 20.6. The molecule has 2 heterocycles. The van der Waals surface area contributed by atoms with Crippen LogP contribution in [0.25, 0.3) is 0 Å². The first-order chi connectivity index (χ1) is 21.4. The van der Waals surface area contributed by atoms with Crippen LogP contribution in [0, 0.1) is 0 Å². The summed E-state index contributed by atoms with van der Waals surface area (Å²) >= 11 is 17.7. The van der Waals surface area contributed by atoms with E-state index in [-0.39, 0.29) is 18.7 Å². The highest BCUT2D eigenvalue weighted by molar-refractivity contribution is 9.10. The first-order valence-corrected chi connectivity index (χ1v) is 17.1. The van der Waals surface area contributed by atoms with E-state index < -0.39 is 6.04 Å². The summed E-state index contributed by atoms with van der Waals surface area (Å²) < 4.78 is 15.1. The first kappa shape index (κ1) is 31.0. The second-order valence-electron chi connectivity index (χ2n) is 10.9. The largest absolute Gasteiger partial charge is 0.488 e. The number of esters is 1. The number of carbonyl (C=O) groups is 1. The zero-order chi connectivity index (χ0) is 30.6. The number of ether oxygens (including phenoxy) is 2. The van der Waals surface area contributed by atoms with Gasteiger partial charge in [0, 0.05) is 37.1 Å². The summed E-state index contributed by atoms with van der Waals surface area (Å²) in [6.45, 7) is 2.09. The monoisotopic (exact) mass is 712 g/mol. The van der Waals surface area contributed by atoms with Crippen molar-refractivity contribution in [2.24, 2.45) is 0 Å². The lowest BCUT2D eigenvalue weighted by atomic mass is 9.94. The van der Waals surface area contributed by atoms with Gasteiger partial charge in [0.1, 0.15) is 24.5 Å². The van der Waals surface area contributed by atoms with Crippen molar-refractivity contribution >= 4 is 62.8 Å². The Kier molecular flexibility index (Phi) is 9.86. The number of anilines is 1. The molecule has 7 nitrogen and oxygen atoms in total. The van der Waals surface area contributed by atoms with Crippen LogP contribution in [-0.2, 0) is 21.9 Å². The molecule has 1 fully saturated rings. The molecular weight excluding hydrogens is 683 g/mol. The molecule has 0 radical (unpaired) electrons. The van der Waals surface area contributed by atoms with E-state index >= 15 is 0 Å². The Labute approximate surface area is 279 Å². The number of hydrogen-bond acceptors (Lipinski definition) is 7. The highest BCUT2D eigenvalue weighted by atomic mass is 79.9. The van der Waals surface area contributed by atoms with Gasteiger partial charge < -0.3 is 14.8 Å². The molecule has 1 aliphatic carbocycles. The Morgan fingerprint density at radius 3 is 2.64 bits per heavy atom. The van der Waals surface area contributed by atoms with Crippen molar-refractivity contribution in [3.05, 3.63) is 109 Å². The fraction of sp³-hybridized carbons (Fsp3) is 0.303. The molecule has 0 spiro atoms. The van der Waals surface area contributed by atoms with Gasteiger partial charge in [-0.3, -0.25) is 0 Å². The van der Waals surface area contributed by atoms with E-state index in [9.17, 15) is 4.79 Å². The van der Waals surface area contributed by atoms with Gasteiger partial charge in [0.15, 0.2) is 0 Å². The van der Waals surface area contributed by atoms with Crippen molar-refractivity contribution in [1.82, 2.24) is 14.8 Å². The van der Waals surface area contributed by atoms with Crippen LogP contribution < -0.4 is 10.1 Å². The molecule has 228 valence electrons. The van der Waals surface area contributed by atoms with E-state index in [0.717, 1.165) is 41.3 Å². The number of rotatable bonds is 9. The van der Waals surface area contributed by atoms with E-state index in [1.807, 2.05) is 49.4 Å². The number of thioether (sulfide) groups is 1. The third-order valence-corrected chi connectivity index (χ3v) is 9.74. The third kappa shape index (κ3) is 7.12. The van der Waals surface area contributed by atoms with Gasteiger partial charge in [0.05, 0.1) is 5.57 Å². The van der Waals surface area contributed by atoms with Gasteiger partial charge in [-0.15, -0.1) is 5.10 Å². The Hall–Kier alpha value is -2.98. The summed E-state index contributed by atoms with van der Waals surface area (Å²) in [7, 11) is 0. The molecule has 3 aromatic carbocycles. The average molecular weight is 715 g/mol. The number of nitrogens with one attached hydrogen (secondary N) is 1. The predicted molar refractivity (Wildman–Crippen MR) is 178 cm³/mol. The van der Waals surface area contributed by atoms with Gasteiger partial charge in [-0.05, 0) is 68.5 Å². The molecule has 1 aromatic heterocycles. The second-order valence-corrected chi connectivity index (χ2v) is 13.6. The molecule has 0 saturated heterocycles. The molecule has 1 atom stereocenters. The quantitative estimate of drug-likeness (QED) is 0.137. The molecule has 1 unspecified atom stereocenters. The van der Waals surface area contributed by atoms with Crippen molar-refractivity contribution in [2.75, 3.05) is 5.32 Å². The maximum Gasteiger partial charge on any atom is 0.338 e. The van der Waals surface area contributed by atoms with Crippen LogP contribution in [-0.4, -0.2) is 26.8 Å². The van der Waals surface area contributed by atoms with Gasteiger partial charge in [0.2, 0.25) is 11.1 Å². The minimum absolute atomic E-state index is 0.100. The Balaban J connectivity index is 1.37. The molecular formula is C33H31BrCl2N4O3S. The third-order valence-electron chi connectivity index (χ3n) is 7.75. The Bertz CT molecular complexity index is 1690. The predicted octanol–water partition coefficient (Wildman–Crippen LogP) is 9.38. The molecule has 4 aromatic rings.